The highest BCUT2D eigenvalue weighted by Crippen LogP contribution is 2.32. The van der Waals surface area contributed by atoms with Gasteiger partial charge in [0.15, 0.2) is 10.4 Å². The Morgan fingerprint density at radius 2 is 1.66 bits per heavy atom. The molecule has 0 aliphatic rings. The van der Waals surface area contributed by atoms with E-state index in [-0.39, 0.29) is 17.2 Å². The predicted molar refractivity (Wildman–Crippen MR) is 112 cm³/mol. The van der Waals surface area contributed by atoms with Crippen molar-refractivity contribution in [2.75, 3.05) is 17.7 Å². The van der Waals surface area contributed by atoms with Crippen molar-refractivity contribution in [3.8, 4) is 5.75 Å². The monoisotopic (exact) mass is 454 g/mol. The smallest absolute Gasteiger partial charge is 0.293 e. The van der Waals surface area contributed by atoms with Crippen LogP contribution in [0.4, 0.5) is 11.4 Å². The molecule has 2 aromatic heterocycles. The molecule has 146 valence electrons. The van der Waals surface area contributed by atoms with Crippen LogP contribution in [0.25, 0.3) is 11.0 Å². The minimum Gasteiger partial charge on any atom is -0.497 e. The summed E-state index contributed by atoms with van der Waals surface area (Å²) in [6, 6.07) is 17.1. The molecule has 2 N–H and O–H groups in total. The van der Waals surface area contributed by atoms with Crippen molar-refractivity contribution in [3.63, 3.8) is 0 Å². The number of hydrogen-bond donors (Lipinski definition) is 2. The first-order valence-electron chi connectivity index (χ1n) is 8.59. The molecule has 0 radical (unpaired) electrons. The molecule has 0 spiro atoms. The molecule has 0 saturated carbocycles. The minimum atomic E-state index is -0.499. The molecule has 4 rings (SSSR count). The summed E-state index contributed by atoms with van der Waals surface area (Å²) < 4.78 is 16.6. The summed E-state index contributed by atoms with van der Waals surface area (Å²) in [6.07, 6.45) is 0. The van der Waals surface area contributed by atoms with E-state index in [1.807, 2.05) is 0 Å². The van der Waals surface area contributed by atoms with Gasteiger partial charge in [-0.3, -0.25) is 9.59 Å². The first-order chi connectivity index (χ1) is 14.0. The maximum absolute atomic E-state index is 12.9. The van der Waals surface area contributed by atoms with Gasteiger partial charge in [0.2, 0.25) is 5.76 Å². The summed E-state index contributed by atoms with van der Waals surface area (Å²) in [5, 5.41) is 6.08. The molecule has 0 aliphatic carbocycles. The highest BCUT2D eigenvalue weighted by molar-refractivity contribution is 9.10. The Morgan fingerprint density at radius 3 is 2.34 bits per heavy atom. The highest BCUT2D eigenvalue weighted by atomic mass is 79.9. The molecule has 0 bridgehead atoms. The molecule has 0 saturated heterocycles. The molecule has 4 aromatic rings. The number of ether oxygens (including phenoxy) is 1. The number of carbonyl (C=O) groups is 2. The van der Waals surface area contributed by atoms with Gasteiger partial charge in [-0.2, -0.15) is 0 Å². The Morgan fingerprint density at radius 1 is 0.897 bits per heavy atom. The van der Waals surface area contributed by atoms with E-state index in [9.17, 15) is 9.59 Å². The number of carbonyl (C=O) groups excluding carboxylic acids is 2. The summed E-state index contributed by atoms with van der Waals surface area (Å²) in [6.45, 7) is 0. The molecule has 0 fully saturated rings. The van der Waals surface area contributed by atoms with Gasteiger partial charge in [0.1, 0.15) is 17.0 Å². The minimum absolute atomic E-state index is 0.0130. The summed E-state index contributed by atoms with van der Waals surface area (Å²) in [5.41, 5.74) is 1.30. The van der Waals surface area contributed by atoms with Crippen molar-refractivity contribution < 1.29 is 23.2 Å². The molecule has 7 nitrogen and oxygen atoms in total. The number of nitrogens with one attached hydrogen (secondary N) is 2. The number of rotatable bonds is 5. The fourth-order valence-electron chi connectivity index (χ4n) is 2.80. The summed E-state index contributed by atoms with van der Waals surface area (Å²) in [4.78, 5) is 25.4. The number of para-hydroxylation sites is 1. The van der Waals surface area contributed by atoms with Crippen molar-refractivity contribution in [1.82, 2.24) is 0 Å². The van der Waals surface area contributed by atoms with Gasteiger partial charge in [0, 0.05) is 11.1 Å². The van der Waals surface area contributed by atoms with Crippen LogP contribution >= 0.6 is 15.9 Å². The number of anilines is 2. The standard InChI is InChI=1S/C21H15BrN2O5/c1-27-13-8-6-12(7-9-13)23-21(26)19-18(14-4-2-3-5-15(14)29-19)24-20(25)16-10-11-17(22)28-16/h2-11H,1H3,(H,23,26)(H,24,25). The molecule has 2 amide bonds. The van der Waals surface area contributed by atoms with Gasteiger partial charge in [-0.15, -0.1) is 0 Å². The molecule has 2 aromatic carbocycles. The van der Waals surface area contributed by atoms with Crippen molar-refractivity contribution in [2.24, 2.45) is 0 Å². The summed E-state index contributed by atoms with van der Waals surface area (Å²) in [5.74, 6) is -0.239. The van der Waals surface area contributed by atoms with Crippen LogP contribution in [0.15, 0.2) is 74.2 Å². The molecule has 29 heavy (non-hydrogen) atoms. The predicted octanol–water partition coefficient (Wildman–Crippen LogP) is 5.30. The van der Waals surface area contributed by atoms with E-state index < -0.39 is 11.8 Å². The van der Waals surface area contributed by atoms with Gasteiger partial charge in [-0.1, -0.05) is 12.1 Å². The SMILES string of the molecule is COc1ccc(NC(=O)c2oc3ccccc3c2NC(=O)c2ccc(Br)o2)cc1. The number of furan rings is 2. The van der Waals surface area contributed by atoms with Crippen LogP contribution in [-0.4, -0.2) is 18.9 Å². The van der Waals surface area contributed by atoms with E-state index in [1.54, 1.807) is 61.7 Å². The largest absolute Gasteiger partial charge is 0.497 e. The second-order valence-corrected chi connectivity index (χ2v) is 6.82. The average molecular weight is 455 g/mol. The van der Waals surface area contributed by atoms with E-state index in [0.29, 0.717) is 27.1 Å². The highest BCUT2D eigenvalue weighted by Gasteiger charge is 2.23. The average Bonchev–Trinajstić information content (AvgIpc) is 3.33. The summed E-state index contributed by atoms with van der Waals surface area (Å²) in [7, 11) is 1.56. The van der Waals surface area contributed by atoms with Gasteiger partial charge < -0.3 is 24.2 Å². The molecule has 0 aliphatic heterocycles. The number of fused-ring (bicyclic) bond motifs is 1. The Kier molecular flexibility index (Phi) is 5.09. The molecule has 0 unspecified atom stereocenters. The van der Waals surface area contributed by atoms with Crippen LogP contribution in [0, 0.1) is 0 Å². The number of benzene rings is 2. The first kappa shape index (κ1) is 18.8. The quantitative estimate of drug-likeness (QED) is 0.426. The fourth-order valence-corrected chi connectivity index (χ4v) is 3.11. The van der Waals surface area contributed by atoms with Crippen molar-refractivity contribution in [1.29, 1.82) is 0 Å². The van der Waals surface area contributed by atoms with E-state index in [0.717, 1.165) is 0 Å². The Bertz CT molecular complexity index is 1190. The van der Waals surface area contributed by atoms with Crippen LogP contribution in [0.1, 0.15) is 21.1 Å². The zero-order valence-corrected chi connectivity index (χ0v) is 16.8. The third-order valence-corrected chi connectivity index (χ3v) is 4.61. The van der Waals surface area contributed by atoms with E-state index in [4.69, 9.17) is 13.6 Å². The van der Waals surface area contributed by atoms with Gasteiger partial charge >= 0.3 is 0 Å². The second kappa shape index (κ2) is 7.84. The molecular formula is C21H15BrN2O5. The normalized spacial score (nSPS) is 10.7. The lowest BCUT2D eigenvalue weighted by atomic mass is 10.2. The third-order valence-electron chi connectivity index (χ3n) is 4.19. The lowest BCUT2D eigenvalue weighted by Crippen LogP contribution is -2.16. The number of halogens is 1. The second-order valence-electron chi connectivity index (χ2n) is 6.04. The Hall–Kier alpha value is -3.52. The van der Waals surface area contributed by atoms with Crippen LogP contribution in [0.3, 0.4) is 0 Å². The van der Waals surface area contributed by atoms with Crippen molar-refractivity contribution in [2.45, 2.75) is 0 Å². The van der Waals surface area contributed by atoms with Gasteiger partial charge in [0.25, 0.3) is 11.8 Å². The maximum atomic E-state index is 12.9. The molecule has 2 heterocycles. The van der Waals surface area contributed by atoms with Crippen molar-refractivity contribution in [3.05, 3.63) is 76.9 Å². The lowest BCUT2D eigenvalue weighted by Gasteiger charge is -2.07. The Balaban J connectivity index is 1.66. The zero-order chi connectivity index (χ0) is 20.4. The third kappa shape index (κ3) is 3.88. The lowest BCUT2D eigenvalue weighted by molar-refractivity contribution is 0.0994. The fraction of sp³-hybridized carbons (Fsp3) is 0.0476. The van der Waals surface area contributed by atoms with Crippen LogP contribution in [0.2, 0.25) is 0 Å². The summed E-state index contributed by atoms with van der Waals surface area (Å²) >= 11 is 3.16. The maximum Gasteiger partial charge on any atom is 0.293 e. The van der Waals surface area contributed by atoms with E-state index >= 15 is 0 Å². The van der Waals surface area contributed by atoms with Crippen molar-refractivity contribution >= 4 is 50.1 Å². The van der Waals surface area contributed by atoms with Gasteiger partial charge in [0.05, 0.1) is 7.11 Å². The van der Waals surface area contributed by atoms with Crippen LogP contribution < -0.4 is 15.4 Å². The van der Waals surface area contributed by atoms with Gasteiger partial charge in [-0.25, -0.2) is 0 Å². The molecule has 0 atom stereocenters. The first-order valence-corrected chi connectivity index (χ1v) is 9.38. The van der Waals surface area contributed by atoms with E-state index in [1.165, 1.54) is 6.07 Å². The molecule has 8 heteroatoms. The molecular weight excluding hydrogens is 440 g/mol. The van der Waals surface area contributed by atoms with Crippen LogP contribution in [-0.2, 0) is 0 Å². The Labute approximate surface area is 173 Å². The topological polar surface area (TPSA) is 93.7 Å². The van der Waals surface area contributed by atoms with Crippen LogP contribution in [0.5, 0.6) is 5.75 Å². The number of hydrogen-bond acceptors (Lipinski definition) is 5. The zero-order valence-electron chi connectivity index (χ0n) is 15.2. The number of methoxy groups -OCH3 is 1. The number of amides is 2. The van der Waals surface area contributed by atoms with Gasteiger partial charge in [-0.05, 0) is 64.5 Å². The van der Waals surface area contributed by atoms with E-state index in [2.05, 4.69) is 26.6 Å².